The maximum absolute atomic E-state index is 10.8. The molecule has 0 saturated heterocycles. The van der Waals surface area contributed by atoms with Crippen molar-refractivity contribution in [3.8, 4) is 0 Å². The first-order valence-corrected chi connectivity index (χ1v) is 6.65. The monoisotopic (exact) mass is 258 g/mol. The van der Waals surface area contributed by atoms with Gasteiger partial charge in [-0.2, -0.15) is 0 Å². The highest BCUT2D eigenvalue weighted by Gasteiger charge is 2.43. The second-order valence-electron chi connectivity index (χ2n) is 5.08. The first-order valence-electron chi connectivity index (χ1n) is 6.65. The third-order valence-corrected chi connectivity index (χ3v) is 4.04. The summed E-state index contributed by atoms with van der Waals surface area (Å²) < 4.78 is 10.4. The highest BCUT2D eigenvalue weighted by atomic mass is 16.7. The zero-order valence-corrected chi connectivity index (χ0v) is 11.5. The van der Waals surface area contributed by atoms with Gasteiger partial charge in [0.1, 0.15) is 0 Å². The van der Waals surface area contributed by atoms with Gasteiger partial charge in [0.25, 0.3) is 0 Å². The van der Waals surface area contributed by atoms with Crippen LogP contribution in [0.25, 0.3) is 0 Å². The Hall–Kier alpha value is -0.420. The van der Waals surface area contributed by atoms with Gasteiger partial charge in [0.2, 0.25) is 0 Å². The number of aliphatic hydroxyl groups excluding tert-OH is 1. The second kappa shape index (κ2) is 7.24. The number of aliphatic hydroxyl groups is 2. The highest BCUT2D eigenvalue weighted by molar-refractivity contribution is 5.17. The van der Waals surface area contributed by atoms with Crippen molar-refractivity contribution in [1.29, 1.82) is 0 Å². The summed E-state index contributed by atoms with van der Waals surface area (Å²) in [6, 6.07) is 0. The Morgan fingerprint density at radius 2 is 2.11 bits per heavy atom. The number of ether oxygens (including phenoxy) is 2. The van der Waals surface area contributed by atoms with Crippen LogP contribution in [-0.4, -0.2) is 42.9 Å². The Bertz CT molecular complexity index is 263. The minimum absolute atomic E-state index is 0.133. The van der Waals surface area contributed by atoms with E-state index in [2.05, 4.69) is 6.58 Å². The molecule has 2 atom stereocenters. The largest absolute Gasteiger partial charge is 0.396 e. The van der Waals surface area contributed by atoms with E-state index in [0.717, 1.165) is 24.8 Å². The van der Waals surface area contributed by atoms with E-state index in [1.807, 2.05) is 0 Å². The van der Waals surface area contributed by atoms with Crippen molar-refractivity contribution in [2.45, 2.75) is 50.4 Å². The predicted octanol–water partition coefficient (Wildman–Crippen LogP) is 1.86. The van der Waals surface area contributed by atoms with Gasteiger partial charge in [-0.05, 0) is 43.6 Å². The second-order valence-corrected chi connectivity index (χ2v) is 5.08. The summed E-state index contributed by atoms with van der Waals surface area (Å²) in [4.78, 5) is 0. The molecule has 1 saturated carbocycles. The molecule has 0 aromatic rings. The van der Waals surface area contributed by atoms with Crippen LogP contribution in [0.5, 0.6) is 0 Å². The molecule has 1 rings (SSSR count). The molecular weight excluding hydrogens is 232 g/mol. The minimum Gasteiger partial charge on any atom is -0.396 e. The standard InChI is InChI=1S/C14H26O4/c1-11(6-5-9-15)14(16)8-4-7-12(14)10-13(17-2)18-3/h12-13,15-16H,1,4-10H2,2-3H3/t12-,14-/m1/s1. The third-order valence-electron chi connectivity index (χ3n) is 4.04. The molecule has 0 heterocycles. The molecule has 0 unspecified atom stereocenters. The van der Waals surface area contributed by atoms with Gasteiger partial charge in [-0.3, -0.25) is 0 Å². The average molecular weight is 258 g/mol. The summed E-state index contributed by atoms with van der Waals surface area (Å²) in [6.45, 7) is 4.15. The zero-order valence-electron chi connectivity index (χ0n) is 11.5. The normalized spacial score (nSPS) is 27.9. The van der Waals surface area contributed by atoms with Crippen LogP contribution in [0.2, 0.25) is 0 Å². The molecule has 0 aromatic carbocycles. The van der Waals surface area contributed by atoms with E-state index < -0.39 is 5.60 Å². The van der Waals surface area contributed by atoms with Gasteiger partial charge >= 0.3 is 0 Å². The van der Waals surface area contributed by atoms with Crippen molar-refractivity contribution < 1.29 is 19.7 Å². The third kappa shape index (κ3) is 3.54. The Balaban J connectivity index is 2.63. The van der Waals surface area contributed by atoms with Crippen LogP contribution in [0.4, 0.5) is 0 Å². The fourth-order valence-electron chi connectivity index (χ4n) is 2.87. The molecule has 0 radical (unpaired) electrons. The molecule has 106 valence electrons. The first-order chi connectivity index (χ1) is 8.58. The quantitative estimate of drug-likeness (QED) is 0.515. The molecule has 0 spiro atoms. The molecule has 0 aliphatic heterocycles. The molecule has 0 amide bonds. The van der Waals surface area contributed by atoms with E-state index in [0.29, 0.717) is 19.3 Å². The van der Waals surface area contributed by atoms with E-state index in [9.17, 15) is 5.11 Å². The molecule has 4 nitrogen and oxygen atoms in total. The summed E-state index contributed by atoms with van der Waals surface area (Å²) >= 11 is 0. The summed E-state index contributed by atoms with van der Waals surface area (Å²) in [7, 11) is 3.23. The Kier molecular flexibility index (Phi) is 6.29. The van der Waals surface area contributed by atoms with Crippen molar-refractivity contribution in [2.24, 2.45) is 5.92 Å². The van der Waals surface area contributed by atoms with Gasteiger partial charge in [-0.15, -0.1) is 0 Å². The van der Waals surface area contributed by atoms with E-state index in [1.54, 1.807) is 14.2 Å². The number of methoxy groups -OCH3 is 2. The van der Waals surface area contributed by atoms with Crippen LogP contribution >= 0.6 is 0 Å². The van der Waals surface area contributed by atoms with Crippen LogP contribution < -0.4 is 0 Å². The van der Waals surface area contributed by atoms with Gasteiger partial charge in [0, 0.05) is 27.2 Å². The van der Waals surface area contributed by atoms with Crippen LogP contribution in [-0.2, 0) is 9.47 Å². The molecule has 1 aliphatic rings. The summed E-state index contributed by atoms with van der Waals surface area (Å²) in [5, 5.41) is 19.7. The topological polar surface area (TPSA) is 58.9 Å². The molecule has 4 heteroatoms. The summed E-state index contributed by atoms with van der Waals surface area (Å²) in [5.74, 6) is 0.133. The molecule has 2 N–H and O–H groups in total. The Labute approximate surface area is 110 Å². The molecule has 0 aromatic heterocycles. The molecule has 1 fully saturated rings. The summed E-state index contributed by atoms with van der Waals surface area (Å²) in [5.41, 5.74) is 0.0230. The van der Waals surface area contributed by atoms with Gasteiger partial charge in [0.15, 0.2) is 6.29 Å². The van der Waals surface area contributed by atoms with Crippen molar-refractivity contribution in [1.82, 2.24) is 0 Å². The predicted molar refractivity (Wildman–Crippen MR) is 70.2 cm³/mol. The number of hydrogen-bond acceptors (Lipinski definition) is 4. The van der Waals surface area contributed by atoms with Gasteiger partial charge in [-0.25, -0.2) is 0 Å². The average Bonchev–Trinajstić information content (AvgIpc) is 2.75. The SMILES string of the molecule is C=C(CCCO)[C@]1(O)CCC[C@@H]1CC(OC)OC. The molecule has 0 bridgehead atoms. The Morgan fingerprint density at radius 1 is 1.44 bits per heavy atom. The van der Waals surface area contributed by atoms with E-state index >= 15 is 0 Å². The molecular formula is C14H26O4. The van der Waals surface area contributed by atoms with E-state index in [1.165, 1.54) is 0 Å². The van der Waals surface area contributed by atoms with E-state index in [4.69, 9.17) is 14.6 Å². The van der Waals surface area contributed by atoms with Crippen molar-refractivity contribution in [3.05, 3.63) is 12.2 Å². The Morgan fingerprint density at radius 3 is 2.67 bits per heavy atom. The van der Waals surface area contributed by atoms with Gasteiger partial charge < -0.3 is 19.7 Å². The van der Waals surface area contributed by atoms with Gasteiger partial charge in [0.05, 0.1) is 5.60 Å². The fraction of sp³-hybridized carbons (Fsp3) is 0.857. The zero-order chi connectivity index (χ0) is 13.6. The van der Waals surface area contributed by atoms with Gasteiger partial charge in [-0.1, -0.05) is 6.58 Å². The number of hydrogen-bond donors (Lipinski definition) is 2. The van der Waals surface area contributed by atoms with Crippen molar-refractivity contribution >= 4 is 0 Å². The first kappa shape index (κ1) is 15.6. The lowest BCUT2D eigenvalue weighted by Gasteiger charge is -2.34. The lowest BCUT2D eigenvalue weighted by molar-refractivity contribution is -0.126. The molecule has 18 heavy (non-hydrogen) atoms. The maximum Gasteiger partial charge on any atom is 0.157 e. The number of rotatable bonds is 8. The lowest BCUT2D eigenvalue weighted by Crippen LogP contribution is -2.37. The maximum atomic E-state index is 10.8. The minimum atomic E-state index is -0.815. The van der Waals surface area contributed by atoms with Crippen molar-refractivity contribution in [3.63, 3.8) is 0 Å². The van der Waals surface area contributed by atoms with E-state index in [-0.39, 0.29) is 18.8 Å². The lowest BCUT2D eigenvalue weighted by atomic mass is 9.80. The van der Waals surface area contributed by atoms with Crippen LogP contribution in [0, 0.1) is 5.92 Å². The smallest absolute Gasteiger partial charge is 0.157 e. The van der Waals surface area contributed by atoms with Crippen molar-refractivity contribution in [2.75, 3.05) is 20.8 Å². The van der Waals surface area contributed by atoms with Crippen LogP contribution in [0.15, 0.2) is 12.2 Å². The fourth-order valence-corrected chi connectivity index (χ4v) is 2.87. The summed E-state index contributed by atoms with van der Waals surface area (Å²) in [6.07, 6.45) is 4.46. The highest BCUT2D eigenvalue weighted by Crippen LogP contribution is 2.44. The van der Waals surface area contributed by atoms with Crippen LogP contribution in [0.1, 0.15) is 38.5 Å². The molecule has 1 aliphatic carbocycles. The van der Waals surface area contributed by atoms with Crippen LogP contribution in [0.3, 0.4) is 0 Å².